The second-order valence-corrected chi connectivity index (χ2v) is 4.59. The smallest absolute Gasteiger partial charge is 0.134 e. The van der Waals surface area contributed by atoms with Gasteiger partial charge in [-0.2, -0.15) is 0 Å². The fourth-order valence-electron chi connectivity index (χ4n) is 2.14. The summed E-state index contributed by atoms with van der Waals surface area (Å²) in [5.41, 5.74) is 2.12. The van der Waals surface area contributed by atoms with Crippen LogP contribution in [-0.2, 0) is 6.54 Å². The first kappa shape index (κ1) is 13.6. The first-order valence-corrected chi connectivity index (χ1v) is 6.64. The molecule has 100 valence electrons. The van der Waals surface area contributed by atoms with E-state index in [-0.39, 0.29) is 0 Å². The Morgan fingerprint density at radius 1 is 1.16 bits per heavy atom. The zero-order valence-electron chi connectivity index (χ0n) is 11.5. The van der Waals surface area contributed by atoms with Crippen molar-refractivity contribution in [2.45, 2.75) is 26.5 Å². The average Bonchev–Trinajstić information content (AvgIpc) is 2.46. The lowest BCUT2D eigenvalue weighted by Crippen LogP contribution is -2.24. The van der Waals surface area contributed by atoms with Gasteiger partial charge in [0.2, 0.25) is 0 Å². The van der Waals surface area contributed by atoms with E-state index in [4.69, 9.17) is 0 Å². The lowest BCUT2D eigenvalue weighted by molar-refractivity contribution is 0.199. The average molecular weight is 256 g/mol. The molecule has 1 N–H and O–H groups in total. The number of aliphatic hydroxyl groups excluding tert-OH is 1. The third-order valence-electron chi connectivity index (χ3n) is 3.16. The number of hydrogen-bond acceptors (Lipinski definition) is 3. The van der Waals surface area contributed by atoms with Crippen molar-refractivity contribution in [3.63, 3.8) is 0 Å². The molecule has 0 spiro atoms. The van der Waals surface area contributed by atoms with Crippen molar-refractivity contribution in [3.05, 3.63) is 59.8 Å². The summed E-state index contributed by atoms with van der Waals surface area (Å²) in [5, 5.41) is 9.85. The zero-order chi connectivity index (χ0) is 13.7. The van der Waals surface area contributed by atoms with Gasteiger partial charge < -0.3 is 10.0 Å². The summed E-state index contributed by atoms with van der Waals surface area (Å²) >= 11 is 0. The molecule has 1 atom stereocenters. The summed E-state index contributed by atoms with van der Waals surface area (Å²) in [6.45, 7) is 5.53. The fourth-order valence-corrected chi connectivity index (χ4v) is 2.14. The van der Waals surface area contributed by atoms with Gasteiger partial charge in [0.1, 0.15) is 5.82 Å². The lowest BCUT2D eigenvalue weighted by atomic mass is 10.1. The van der Waals surface area contributed by atoms with Crippen molar-refractivity contribution >= 4 is 5.82 Å². The molecule has 0 aliphatic rings. The van der Waals surface area contributed by atoms with Crippen LogP contribution in [0.2, 0.25) is 0 Å². The largest absolute Gasteiger partial charge is 0.389 e. The van der Waals surface area contributed by atoms with Crippen molar-refractivity contribution in [2.75, 3.05) is 11.4 Å². The first-order valence-electron chi connectivity index (χ1n) is 6.64. The van der Waals surface area contributed by atoms with E-state index in [0.29, 0.717) is 0 Å². The van der Waals surface area contributed by atoms with Crippen LogP contribution in [0.4, 0.5) is 5.82 Å². The maximum absolute atomic E-state index is 9.85. The van der Waals surface area contributed by atoms with E-state index >= 15 is 0 Å². The van der Waals surface area contributed by atoms with Crippen LogP contribution in [0.25, 0.3) is 0 Å². The third-order valence-corrected chi connectivity index (χ3v) is 3.16. The van der Waals surface area contributed by atoms with Gasteiger partial charge in [0, 0.05) is 24.8 Å². The van der Waals surface area contributed by atoms with Crippen LogP contribution in [0.5, 0.6) is 0 Å². The molecule has 0 aliphatic heterocycles. The van der Waals surface area contributed by atoms with E-state index in [9.17, 15) is 5.11 Å². The van der Waals surface area contributed by atoms with Gasteiger partial charge in [-0.1, -0.05) is 36.4 Å². The summed E-state index contributed by atoms with van der Waals surface area (Å²) in [7, 11) is 0. The number of aromatic nitrogens is 1. The monoisotopic (exact) mass is 256 g/mol. The molecule has 0 saturated heterocycles. The van der Waals surface area contributed by atoms with Gasteiger partial charge in [0.25, 0.3) is 0 Å². The molecule has 2 rings (SSSR count). The van der Waals surface area contributed by atoms with Gasteiger partial charge >= 0.3 is 0 Å². The van der Waals surface area contributed by atoms with Gasteiger partial charge in [-0.3, -0.25) is 0 Å². The van der Waals surface area contributed by atoms with Crippen molar-refractivity contribution < 1.29 is 5.11 Å². The molecule has 1 unspecified atom stereocenters. The molecule has 1 heterocycles. The summed E-state index contributed by atoms with van der Waals surface area (Å²) in [6, 6.07) is 14.1. The molecular formula is C16H20N2O. The Morgan fingerprint density at radius 3 is 2.53 bits per heavy atom. The van der Waals surface area contributed by atoms with Gasteiger partial charge in [-0.15, -0.1) is 0 Å². The topological polar surface area (TPSA) is 36.4 Å². The van der Waals surface area contributed by atoms with Gasteiger partial charge in [-0.25, -0.2) is 4.98 Å². The van der Waals surface area contributed by atoms with Crippen LogP contribution in [0.1, 0.15) is 31.1 Å². The first-order chi connectivity index (χ1) is 9.22. The number of hydrogen-bond donors (Lipinski definition) is 1. The van der Waals surface area contributed by atoms with Crippen LogP contribution < -0.4 is 4.90 Å². The minimum atomic E-state index is -0.506. The molecule has 0 amide bonds. The predicted octanol–water partition coefficient (Wildman–Crippen LogP) is 3.16. The lowest BCUT2D eigenvalue weighted by Gasteiger charge is -2.25. The van der Waals surface area contributed by atoms with E-state index < -0.39 is 6.10 Å². The maximum atomic E-state index is 9.85. The SMILES string of the molecule is CCN(Cc1ccccc1)c1ncccc1C(C)O. The Bertz CT molecular complexity index is 511. The summed E-state index contributed by atoms with van der Waals surface area (Å²) in [5.74, 6) is 0.865. The van der Waals surface area contributed by atoms with Crippen molar-refractivity contribution in [1.82, 2.24) is 4.98 Å². The quantitative estimate of drug-likeness (QED) is 0.892. The Hall–Kier alpha value is -1.87. The second-order valence-electron chi connectivity index (χ2n) is 4.59. The van der Waals surface area contributed by atoms with Crippen LogP contribution >= 0.6 is 0 Å². The van der Waals surface area contributed by atoms with Gasteiger partial charge in [-0.05, 0) is 25.5 Å². The number of nitrogens with zero attached hydrogens (tertiary/aromatic N) is 2. The molecule has 0 fully saturated rings. The van der Waals surface area contributed by atoms with Gasteiger partial charge in [0.05, 0.1) is 6.10 Å². The summed E-state index contributed by atoms with van der Waals surface area (Å²) in [6.07, 6.45) is 1.27. The van der Waals surface area contributed by atoms with Crippen molar-refractivity contribution in [2.24, 2.45) is 0 Å². The van der Waals surface area contributed by atoms with E-state index in [0.717, 1.165) is 24.5 Å². The zero-order valence-corrected chi connectivity index (χ0v) is 11.5. The molecule has 1 aromatic heterocycles. The highest BCUT2D eigenvalue weighted by Gasteiger charge is 2.14. The number of anilines is 1. The molecule has 0 bridgehead atoms. The Labute approximate surface area is 114 Å². The van der Waals surface area contributed by atoms with Crippen LogP contribution in [0.15, 0.2) is 48.7 Å². The molecule has 0 saturated carbocycles. The molecule has 19 heavy (non-hydrogen) atoms. The second kappa shape index (κ2) is 6.34. The van der Waals surface area contributed by atoms with E-state index in [1.807, 2.05) is 30.3 Å². The van der Waals surface area contributed by atoms with Crippen molar-refractivity contribution in [3.8, 4) is 0 Å². The Kier molecular flexibility index (Phi) is 4.53. The van der Waals surface area contributed by atoms with Crippen molar-refractivity contribution in [1.29, 1.82) is 0 Å². The number of rotatable bonds is 5. The fraction of sp³-hybridized carbons (Fsp3) is 0.312. The Balaban J connectivity index is 2.27. The minimum Gasteiger partial charge on any atom is -0.389 e. The predicted molar refractivity (Wildman–Crippen MR) is 78.0 cm³/mol. The number of pyridine rings is 1. The van der Waals surface area contributed by atoms with E-state index in [1.165, 1.54) is 5.56 Å². The highest BCUT2D eigenvalue weighted by molar-refractivity contribution is 5.48. The highest BCUT2D eigenvalue weighted by Crippen LogP contribution is 2.24. The van der Waals surface area contributed by atoms with Gasteiger partial charge in [0.15, 0.2) is 0 Å². The van der Waals surface area contributed by atoms with E-state index in [2.05, 4.69) is 28.9 Å². The third kappa shape index (κ3) is 3.32. The molecule has 1 aromatic carbocycles. The van der Waals surface area contributed by atoms with E-state index in [1.54, 1.807) is 13.1 Å². The molecule has 0 radical (unpaired) electrons. The highest BCUT2D eigenvalue weighted by atomic mass is 16.3. The molecule has 0 aliphatic carbocycles. The normalized spacial score (nSPS) is 12.2. The molecule has 2 aromatic rings. The summed E-state index contributed by atoms with van der Waals surface area (Å²) in [4.78, 5) is 6.61. The minimum absolute atomic E-state index is 0.506. The Morgan fingerprint density at radius 2 is 1.89 bits per heavy atom. The molecular weight excluding hydrogens is 236 g/mol. The van der Waals surface area contributed by atoms with Crippen LogP contribution in [0.3, 0.4) is 0 Å². The maximum Gasteiger partial charge on any atom is 0.134 e. The molecule has 3 heteroatoms. The number of benzene rings is 1. The number of aliphatic hydroxyl groups is 1. The molecule has 3 nitrogen and oxygen atoms in total. The van der Waals surface area contributed by atoms with Crippen LogP contribution in [0, 0.1) is 0 Å². The standard InChI is InChI=1S/C16H20N2O/c1-3-18(12-14-8-5-4-6-9-14)16-15(13(2)19)10-7-11-17-16/h4-11,13,19H,3,12H2,1-2H3. The van der Waals surface area contributed by atoms with Crippen LogP contribution in [-0.4, -0.2) is 16.6 Å². The summed E-state index contributed by atoms with van der Waals surface area (Å²) < 4.78 is 0.